The van der Waals surface area contributed by atoms with Crippen molar-refractivity contribution in [2.45, 2.75) is 43.4 Å². The summed E-state index contributed by atoms with van der Waals surface area (Å²) in [6.07, 6.45) is 5.64. The minimum absolute atomic E-state index is 0.0149. The number of hydrogen-bond acceptors (Lipinski definition) is 3. The van der Waals surface area contributed by atoms with Crippen molar-refractivity contribution in [1.29, 1.82) is 0 Å². The summed E-state index contributed by atoms with van der Waals surface area (Å²) in [6, 6.07) is 15.0. The maximum absolute atomic E-state index is 13.0. The van der Waals surface area contributed by atoms with Crippen LogP contribution in [0.2, 0.25) is 5.02 Å². The van der Waals surface area contributed by atoms with Gasteiger partial charge in [0.1, 0.15) is 0 Å². The molecule has 1 saturated heterocycles. The molecule has 6 heteroatoms. The number of hydrogen-bond donors (Lipinski definition) is 1. The van der Waals surface area contributed by atoms with Crippen molar-refractivity contribution in [3.8, 4) is 0 Å². The van der Waals surface area contributed by atoms with Crippen LogP contribution in [-0.2, 0) is 4.79 Å². The Kier molecular flexibility index (Phi) is 8.44. The number of anilines is 1. The molecule has 1 N–H and O–H groups in total. The lowest BCUT2D eigenvalue weighted by Gasteiger charge is -2.22. The third-order valence-electron chi connectivity index (χ3n) is 4.96. The lowest BCUT2D eigenvalue weighted by molar-refractivity contribution is -0.116. The third kappa shape index (κ3) is 6.79. The van der Waals surface area contributed by atoms with Gasteiger partial charge in [-0.15, -0.1) is 11.8 Å². The molecule has 0 aliphatic carbocycles. The molecule has 4 nitrogen and oxygen atoms in total. The zero-order chi connectivity index (χ0) is 20.5. The molecule has 0 radical (unpaired) electrons. The van der Waals surface area contributed by atoms with Crippen molar-refractivity contribution in [3.63, 3.8) is 0 Å². The Morgan fingerprint density at radius 2 is 1.66 bits per heavy atom. The second-order valence-electron chi connectivity index (χ2n) is 7.21. The largest absolute Gasteiger partial charge is 0.339 e. The zero-order valence-corrected chi connectivity index (χ0v) is 18.1. The minimum Gasteiger partial charge on any atom is -0.339 e. The Morgan fingerprint density at radius 3 is 2.38 bits per heavy atom. The van der Waals surface area contributed by atoms with Crippen molar-refractivity contribution >= 4 is 40.9 Å². The van der Waals surface area contributed by atoms with E-state index in [2.05, 4.69) is 5.32 Å². The van der Waals surface area contributed by atoms with Crippen molar-refractivity contribution in [2.24, 2.45) is 0 Å². The number of halogens is 1. The predicted molar refractivity (Wildman–Crippen MR) is 121 cm³/mol. The number of benzene rings is 2. The van der Waals surface area contributed by atoms with Gasteiger partial charge in [-0.3, -0.25) is 9.59 Å². The van der Waals surface area contributed by atoms with Gasteiger partial charge in [0.2, 0.25) is 5.91 Å². The second kappa shape index (κ2) is 11.3. The number of amides is 2. The smallest absolute Gasteiger partial charge is 0.255 e. The number of likely N-dealkylation sites (tertiary alicyclic amines) is 1. The molecular formula is C23H27ClN2O2S. The lowest BCUT2D eigenvalue weighted by Crippen LogP contribution is -2.32. The van der Waals surface area contributed by atoms with Crippen LogP contribution in [0.15, 0.2) is 53.4 Å². The second-order valence-corrected chi connectivity index (χ2v) is 8.81. The Balaban J connectivity index is 1.51. The minimum atomic E-state index is -0.0576. The predicted octanol–water partition coefficient (Wildman–Crippen LogP) is 5.87. The van der Waals surface area contributed by atoms with Gasteiger partial charge >= 0.3 is 0 Å². The van der Waals surface area contributed by atoms with Crippen LogP contribution >= 0.6 is 23.4 Å². The summed E-state index contributed by atoms with van der Waals surface area (Å²) in [5.74, 6) is 0.808. The van der Waals surface area contributed by atoms with Crippen LogP contribution in [0.4, 0.5) is 5.69 Å². The van der Waals surface area contributed by atoms with Gasteiger partial charge < -0.3 is 10.2 Å². The fourth-order valence-electron chi connectivity index (χ4n) is 3.39. The fraction of sp³-hybridized carbons (Fsp3) is 0.391. The van der Waals surface area contributed by atoms with Crippen molar-refractivity contribution in [2.75, 3.05) is 24.2 Å². The SMILES string of the molecule is O=C(CCCSc1ccc(Cl)cc1)Nc1ccccc1C(=O)N1CCCCCC1. The van der Waals surface area contributed by atoms with E-state index in [1.165, 1.54) is 12.8 Å². The summed E-state index contributed by atoms with van der Waals surface area (Å²) in [6.45, 7) is 1.59. The Bertz CT molecular complexity index is 818. The van der Waals surface area contributed by atoms with Crippen LogP contribution in [0.25, 0.3) is 0 Å². The number of carbonyl (C=O) groups excluding carboxylic acids is 2. The molecule has 0 bridgehead atoms. The molecule has 2 aromatic rings. The molecule has 1 fully saturated rings. The van der Waals surface area contributed by atoms with E-state index in [0.717, 1.165) is 48.0 Å². The number of rotatable bonds is 7. The molecule has 0 spiro atoms. The Hall–Kier alpha value is -1.98. The van der Waals surface area contributed by atoms with Crippen molar-refractivity contribution in [1.82, 2.24) is 4.90 Å². The maximum atomic E-state index is 13.0. The molecule has 0 saturated carbocycles. The van der Waals surface area contributed by atoms with Crippen LogP contribution in [0, 0.1) is 0 Å². The Labute approximate surface area is 182 Å². The van der Waals surface area contributed by atoms with Crippen LogP contribution in [-0.4, -0.2) is 35.6 Å². The van der Waals surface area contributed by atoms with Gasteiger partial charge in [-0.1, -0.05) is 36.6 Å². The van der Waals surface area contributed by atoms with Crippen LogP contribution in [0.3, 0.4) is 0 Å². The molecule has 1 aliphatic heterocycles. The summed E-state index contributed by atoms with van der Waals surface area (Å²) in [4.78, 5) is 28.4. The highest BCUT2D eigenvalue weighted by molar-refractivity contribution is 7.99. The van der Waals surface area contributed by atoms with E-state index >= 15 is 0 Å². The molecule has 0 unspecified atom stereocenters. The maximum Gasteiger partial charge on any atom is 0.255 e. The average Bonchev–Trinajstić information content (AvgIpc) is 3.02. The molecule has 2 aromatic carbocycles. The molecule has 2 amide bonds. The van der Waals surface area contributed by atoms with Crippen LogP contribution in [0.1, 0.15) is 48.9 Å². The zero-order valence-electron chi connectivity index (χ0n) is 16.5. The van der Waals surface area contributed by atoms with Gasteiger partial charge in [0.15, 0.2) is 0 Å². The first-order valence-electron chi connectivity index (χ1n) is 10.2. The van der Waals surface area contributed by atoms with Gasteiger partial charge in [-0.2, -0.15) is 0 Å². The highest BCUT2D eigenvalue weighted by Gasteiger charge is 2.20. The van der Waals surface area contributed by atoms with Crippen LogP contribution in [0.5, 0.6) is 0 Å². The molecular weight excluding hydrogens is 404 g/mol. The van der Waals surface area contributed by atoms with Crippen molar-refractivity contribution in [3.05, 3.63) is 59.1 Å². The van der Waals surface area contributed by atoms with E-state index in [9.17, 15) is 9.59 Å². The van der Waals surface area contributed by atoms with E-state index in [1.54, 1.807) is 17.8 Å². The van der Waals surface area contributed by atoms with E-state index in [1.807, 2.05) is 47.4 Å². The topological polar surface area (TPSA) is 49.4 Å². The van der Waals surface area contributed by atoms with E-state index in [4.69, 9.17) is 11.6 Å². The van der Waals surface area contributed by atoms with E-state index in [0.29, 0.717) is 17.7 Å². The molecule has 154 valence electrons. The summed E-state index contributed by atoms with van der Waals surface area (Å²) in [5.41, 5.74) is 1.19. The summed E-state index contributed by atoms with van der Waals surface area (Å²) < 4.78 is 0. The van der Waals surface area contributed by atoms with Gasteiger partial charge in [0.25, 0.3) is 5.91 Å². The number of thioether (sulfide) groups is 1. The highest BCUT2D eigenvalue weighted by atomic mass is 35.5. The molecule has 1 heterocycles. The lowest BCUT2D eigenvalue weighted by atomic mass is 10.1. The fourth-order valence-corrected chi connectivity index (χ4v) is 4.37. The van der Waals surface area contributed by atoms with Gasteiger partial charge in [0.05, 0.1) is 11.3 Å². The van der Waals surface area contributed by atoms with Gasteiger partial charge in [-0.05, 0) is 61.4 Å². The summed E-state index contributed by atoms with van der Waals surface area (Å²) in [5, 5.41) is 3.66. The number of nitrogens with one attached hydrogen (secondary N) is 1. The first-order valence-corrected chi connectivity index (χ1v) is 11.6. The summed E-state index contributed by atoms with van der Waals surface area (Å²) >= 11 is 7.60. The summed E-state index contributed by atoms with van der Waals surface area (Å²) in [7, 11) is 0. The standard InChI is InChI=1S/C23H27ClN2O2S/c24-18-11-13-19(14-12-18)29-17-7-10-22(27)25-21-9-4-3-8-20(21)23(28)26-15-5-1-2-6-16-26/h3-4,8-9,11-14H,1-2,5-7,10,15-17H2,(H,25,27). The molecule has 1 aliphatic rings. The quantitative estimate of drug-likeness (QED) is 0.441. The van der Waals surface area contributed by atoms with E-state index in [-0.39, 0.29) is 11.8 Å². The van der Waals surface area contributed by atoms with Crippen LogP contribution < -0.4 is 5.32 Å². The van der Waals surface area contributed by atoms with Crippen molar-refractivity contribution < 1.29 is 9.59 Å². The van der Waals surface area contributed by atoms with Gasteiger partial charge in [0, 0.05) is 29.4 Å². The Morgan fingerprint density at radius 1 is 0.966 bits per heavy atom. The first kappa shape index (κ1) is 21.7. The number of carbonyl (C=O) groups is 2. The van der Waals surface area contributed by atoms with Gasteiger partial charge in [-0.25, -0.2) is 0 Å². The molecule has 3 rings (SSSR count). The number of nitrogens with zero attached hydrogens (tertiary/aromatic N) is 1. The normalized spacial score (nSPS) is 14.3. The third-order valence-corrected chi connectivity index (χ3v) is 6.31. The number of para-hydroxylation sites is 1. The van der Waals surface area contributed by atoms with E-state index < -0.39 is 0 Å². The first-order chi connectivity index (χ1) is 14.1. The monoisotopic (exact) mass is 430 g/mol. The molecule has 0 aromatic heterocycles. The highest BCUT2D eigenvalue weighted by Crippen LogP contribution is 2.23. The molecule has 0 atom stereocenters. The average molecular weight is 431 g/mol. The molecule has 29 heavy (non-hydrogen) atoms.